The fraction of sp³-hybridized carbons (Fsp3) is 1.00. The van der Waals surface area contributed by atoms with Gasteiger partial charge in [-0.05, 0) is 13.8 Å². The Bertz CT molecular complexity index is 82.4. The summed E-state index contributed by atoms with van der Waals surface area (Å²) in [5.74, 6) is 0. The second-order valence-electron chi connectivity index (χ2n) is 2.26. The maximum absolute atomic E-state index is 8.67. The van der Waals surface area contributed by atoms with Crippen LogP contribution in [0.1, 0.15) is 13.8 Å². The summed E-state index contributed by atoms with van der Waals surface area (Å²) in [6.45, 7) is 3.24. The van der Waals surface area contributed by atoms with Crippen molar-refractivity contribution in [2.24, 2.45) is 5.73 Å². The van der Waals surface area contributed by atoms with Gasteiger partial charge in [-0.3, -0.25) is 0 Å². The van der Waals surface area contributed by atoms with Gasteiger partial charge in [-0.15, -0.1) is 0 Å². The summed E-state index contributed by atoms with van der Waals surface area (Å²) in [5, 5.41) is 8.67. The third-order valence-electron chi connectivity index (χ3n) is 0.606. The summed E-state index contributed by atoms with van der Waals surface area (Å²) >= 11 is 0. The van der Waals surface area contributed by atoms with Crippen molar-refractivity contribution in [2.75, 3.05) is 7.11 Å². The summed E-state index contributed by atoms with van der Waals surface area (Å²) in [7, 11) is 0.0983. The molecule has 0 aromatic carbocycles. The van der Waals surface area contributed by atoms with Crippen LogP contribution in [0, 0.1) is 0 Å². The van der Waals surface area contributed by atoms with Gasteiger partial charge in [0.25, 0.3) is 0 Å². The molecule has 3 N–H and O–H groups in total. The highest BCUT2D eigenvalue weighted by molar-refractivity contribution is 6.34. The van der Waals surface area contributed by atoms with E-state index in [-0.39, 0.29) is 0 Å². The van der Waals surface area contributed by atoms with E-state index in [1.165, 1.54) is 7.11 Å². The fourth-order valence-electron chi connectivity index (χ4n) is 0.308. The molecule has 0 saturated heterocycles. The van der Waals surface area contributed by atoms with E-state index in [0.29, 0.717) is 0 Å². The summed E-state index contributed by atoms with van der Waals surface area (Å²) < 4.78 is 9.08. The molecule has 0 heterocycles. The Morgan fingerprint density at radius 3 is 2.11 bits per heavy atom. The van der Waals surface area contributed by atoms with E-state index in [0.717, 1.165) is 0 Å². The zero-order chi connectivity index (χ0) is 7.49. The molecule has 0 spiro atoms. The van der Waals surface area contributed by atoms with Crippen LogP contribution in [-0.4, -0.2) is 25.2 Å². The van der Waals surface area contributed by atoms with Gasteiger partial charge in [0.15, 0.2) is 0 Å². The first-order valence-corrected chi connectivity index (χ1v) is 2.63. The van der Waals surface area contributed by atoms with E-state index in [2.05, 4.69) is 4.65 Å². The second kappa shape index (κ2) is 3.17. The lowest BCUT2D eigenvalue weighted by Crippen LogP contribution is -2.42. The standard InChI is InChI=1S/C4H12BNO3/c1-4(2,6)9-5(7)8-3/h7H,6H2,1-3H3. The van der Waals surface area contributed by atoms with Crippen molar-refractivity contribution < 1.29 is 14.3 Å². The zero-order valence-electron chi connectivity index (χ0n) is 5.92. The highest BCUT2D eigenvalue weighted by Crippen LogP contribution is 1.99. The molecule has 0 amide bonds. The number of hydrogen-bond acceptors (Lipinski definition) is 4. The van der Waals surface area contributed by atoms with Crippen molar-refractivity contribution in [2.45, 2.75) is 19.6 Å². The van der Waals surface area contributed by atoms with Gasteiger partial charge in [-0.2, -0.15) is 0 Å². The molecule has 0 radical (unpaired) electrons. The lowest BCUT2D eigenvalue weighted by molar-refractivity contribution is 0.0450. The largest absolute Gasteiger partial charge is 0.637 e. The van der Waals surface area contributed by atoms with E-state index in [9.17, 15) is 0 Å². The molecule has 0 aliphatic rings. The molecule has 0 bridgehead atoms. The molecular formula is C4H12BNO3. The molecule has 0 saturated carbocycles. The Balaban J connectivity index is 3.47. The molecule has 4 nitrogen and oxygen atoms in total. The molecule has 0 atom stereocenters. The van der Waals surface area contributed by atoms with Crippen LogP contribution in [0.25, 0.3) is 0 Å². The number of rotatable bonds is 3. The SMILES string of the molecule is COB(O)OC(C)(C)N. The summed E-state index contributed by atoms with van der Waals surface area (Å²) in [6.07, 6.45) is 0. The minimum Gasteiger partial charge on any atom is -0.402 e. The van der Waals surface area contributed by atoms with Crippen molar-refractivity contribution in [1.82, 2.24) is 0 Å². The highest BCUT2D eigenvalue weighted by Gasteiger charge is 2.22. The third kappa shape index (κ3) is 5.78. The van der Waals surface area contributed by atoms with Crippen LogP contribution in [0.4, 0.5) is 0 Å². The molecule has 0 aliphatic carbocycles. The molecule has 54 valence electrons. The average molecular weight is 133 g/mol. The Kier molecular flexibility index (Phi) is 3.14. The van der Waals surface area contributed by atoms with Gasteiger partial charge >= 0.3 is 7.32 Å². The molecular weight excluding hydrogens is 121 g/mol. The van der Waals surface area contributed by atoms with Crippen LogP contribution in [-0.2, 0) is 9.31 Å². The van der Waals surface area contributed by atoms with Gasteiger partial charge in [0, 0.05) is 7.11 Å². The van der Waals surface area contributed by atoms with Crippen LogP contribution in [0.15, 0.2) is 0 Å². The van der Waals surface area contributed by atoms with E-state index < -0.39 is 13.0 Å². The van der Waals surface area contributed by atoms with E-state index in [1.807, 2.05) is 0 Å². The van der Waals surface area contributed by atoms with Gasteiger partial charge in [0.05, 0.1) is 5.72 Å². The number of nitrogens with two attached hydrogens (primary N) is 1. The lowest BCUT2D eigenvalue weighted by Gasteiger charge is -2.20. The first-order chi connectivity index (χ1) is 3.95. The average Bonchev–Trinajstić information content (AvgIpc) is 1.62. The van der Waals surface area contributed by atoms with Crippen molar-refractivity contribution in [3.05, 3.63) is 0 Å². The molecule has 0 unspecified atom stereocenters. The maximum atomic E-state index is 8.67. The molecule has 0 aromatic rings. The van der Waals surface area contributed by atoms with Gasteiger partial charge in [-0.25, -0.2) is 0 Å². The lowest BCUT2D eigenvalue weighted by atomic mass is 10.2. The van der Waals surface area contributed by atoms with Crippen molar-refractivity contribution in [1.29, 1.82) is 0 Å². The van der Waals surface area contributed by atoms with Crippen LogP contribution in [0.2, 0.25) is 0 Å². The van der Waals surface area contributed by atoms with Crippen LogP contribution < -0.4 is 5.73 Å². The molecule has 9 heavy (non-hydrogen) atoms. The molecule has 0 aromatic heterocycles. The van der Waals surface area contributed by atoms with Crippen LogP contribution in [0.5, 0.6) is 0 Å². The first kappa shape index (κ1) is 8.90. The Morgan fingerprint density at radius 2 is 2.00 bits per heavy atom. The van der Waals surface area contributed by atoms with E-state index in [4.69, 9.17) is 15.4 Å². The Labute approximate surface area is 55.1 Å². The van der Waals surface area contributed by atoms with Gasteiger partial charge < -0.3 is 20.1 Å². The van der Waals surface area contributed by atoms with Crippen LogP contribution in [0.3, 0.4) is 0 Å². The van der Waals surface area contributed by atoms with Crippen molar-refractivity contribution in [3.8, 4) is 0 Å². The van der Waals surface area contributed by atoms with Crippen LogP contribution >= 0.6 is 0 Å². The quantitative estimate of drug-likeness (QED) is 0.395. The smallest absolute Gasteiger partial charge is 0.402 e. The van der Waals surface area contributed by atoms with E-state index >= 15 is 0 Å². The molecule has 0 fully saturated rings. The predicted molar refractivity (Wildman–Crippen MR) is 34.3 cm³/mol. The van der Waals surface area contributed by atoms with E-state index in [1.54, 1.807) is 13.8 Å². The highest BCUT2D eigenvalue weighted by atomic mass is 16.7. The topological polar surface area (TPSA) is 64.7 Å². The maximum Gasteiger partial charge on any atom is 0.637 e. The fourth-order valence-corrected chi connectivity index (χ4v) is 0.308. The predicted octanol–water partition coefficient (Wildman–Crippen LogP) is -0.679. The van der Waals surface area contributed by atoms with Crippen molar-refractivity contribution in [3.63, 3.8) is 0 Å². The summed E-state index contributed by atoms with van der Waals surface area (Å²) in [4.78, 5) is 0. The van der Waals surface area contributed by atoms with Gasteiger partial charge in [-0.1, -0.05) is 0 Å². The Morgan fingerprint density at radius 1 is 1.56 bits per heavy atom. The van der Waals surface area contributed by atoms with Gasteiger partial charge in [0.2, 0.25) is 0 Å². The minimum absolute atomic E-state index is 0.852. The van der Waals surface area contributed by atoms with Crippen molar-refractivity contribution >= 4 is 7.32 Å². The van der Waals surface area contributed by atoms with Gasteiger partial charge in [0.1, 0.15) is 0 Å². The normalized spacial score (nSPS) is 11.7. The number of hydrogen-bond donors (Lipinski definition) is 2. The third-order valence-corrected chi connectivity index (χ3v) is 0.606. The monoisotopic (exact) mass is 133 g/mol. The summed E-state index contributed by atoms with van der Waals surface area (Å²) in [6, 6.07) is 0. The summed E-state index contributed by atoms with van der Waals surface area (Å²) in [5.41, 5.74) is 4.50. The molecule has 0 rings (SSSR count). The molecule has 0 aliphatic heterocycles. The Hall–Kier alpha value is -0.0951. The molecule has 5 heteroatoms. The minimum atomic E-state index is -1.23. The first-order valence-electron chi connectivity index (χ1n) is 2.63. The second-order valence-corrected chi connectivity index (χ2v) is 2.26. The zero-order valence-corrected chi connectivity index (χ0v) is 5.92.